The highest BCUT2D eigenvalue weighted by atomic mass is 16.1. The van der Waals surface area contributed by atoms with Gasteiger partial charge in [-0.3, -0.25) is 4.79 Å². The molecule has 0 aromatic rings. The van der Waals surface area contributed by atoms with Gasteiger partial charge in [-0.2, -0.15) is 0 Å². The van der Waals surface area contributed by atoms with E-state index >= 15 is 0 Å². The summed E-state index contributed by atoms with van der Waals surface area (Å²) in [7, 11) is 0. The molecule has 1 nitrogen and oxygen atoms in total. The lowest BCUT2D eigenvalue weighted by Crippen LogP contribution is -2.09. The Bertz CT molecular complexity index is 154. The van der Waals surface area contributed by atoms with Gasteiger partial charge < -0.3 is 0 Å². The topological polar surface area (TPSA) is 17.1 Å². The zero-order valence-electron chi connectivity index (χ0n) is 7.98. The van der Waals surface area contributed by atoms with Crippen molar-refractivity contribution in [2.45, 2.75) is 40.5 Å². The van der Waals surface area contributed by atoms with E-state index in [1.807, 2.05) is 26.8 Å². The summed E-state index contributed by atoms with van der Waals surface area (Å²) in [5.41, 5.74) is 0.988. The Morgan fingerprint density at radius 3 is 2.18 bits per heavy atom. The van der Waals surface area contributed by atoms with Crippen molar-refractivity contribution in [3.8, 4) is 0 Å². The second kappa shape index (κ2) is 5.11. The summed E-state index contributed by atoms with van der Waals surface area (Å²) in [6.45, 7) is 7.98. The number of ketones is 1. The molecule has 0 N–H and O–H groups in total. The Morgan fingerprint density at radius 1 is 1.36 bits per heavy atom. The number of hydrogen-bond acceptors (Lipinski definition) is 1. The number of carbonyl (C=O) groups excluding carboxylic acids is 1. The van der Waals surface area contributed by atoms with Crippen LogP contribution in [0.25, 0.3) is 0 Å². The van der Waals surface area contributed by atoms with E-state index in [9.17, 15) is 4.79 Å². The highest BCUT2D eigenvalue weighted by Crippen LogP contribution is 2.10. The van der Waals surface area contributed by atoms with E-state index in [0.717, 1.165) is 18.4 Å². The summed E-state index contributed by atoms with van der Waals surface area (Å²) < 4.78 is 0. The van der Waals surface area contributed by atoms with Crippen LogP contribution in [-0.2, 0) is 4.79 Å². The largest absolute Gasteiger partial charge is 0.294 e. The van der Waals surface area contributed by atoms with Crippen molar-refractivity contribution in [1.82, 2.24) is 0 Å². The van der Waals surface area contributed by atoms with E-state index in [0.29, 0.717) is 5.78 Å². The van der Waals surface area contributed by atoms with Gasteiger partial charge in [0.1, 0.15) is 0 Å². The fourth-order valence-corrected chi connectivity index (χ4v) is 1.04. The first-order valence-electron chi connectivity index (χ1n) is 4.36. The Morgan fingerprint density at radius 2 is 1.91 bits per heavy atom. The fourth-order valence-electron chi connectivity index (χ4n) is 1.04. The molecule has 0 aliphatic rings. The molecule has 0 rings (SSSR count). The van der Waals surface area contributed by atoms with E-state index < -0.39 is 0 Å². The van der Waals surface area contributed by atoms with E-state index in [1.165, 1.54) is 0 Å². The molecule has 1 heteroatoms. The maximum absolute atomic E-state index is 11.4. The lowest BCUT2D eigenvalue weighted by atomic mass is 9.98. The normalized spacial score (nSPS) is 12.3. The van der Waals surface area contributed by atoms with Crippen LogP contribution in [0.5, 0.6) is 0 Å². The minimum atomic E-state index is 0.146. The molecule has 0 amide bonds. The molecule has 0 unspecified atom stereocenters. The summed E-state index contributed by atoms with van der Waals surface area (Å²) in [6, 6.07) is 0. The van der Waals surface area contributed by atoms with Gasteiger partial charge in [0, 0.05) is 5.92 Å². The van der Waals surface area contributed by atoms with Gasteiger partial charge in [-0.15, -0.1) is 0 Å². The van der Waals surface area contributed by atoms with Crippen LogP contribution >= 0.6 is 0 Å². The van der Waals surface area contributed by atoms with E-state index in [-0.39, 0.29) is 5.92 Å². The van der Waals surface area contributed by atoms with Crippen LogP contribution in [0.2, 0.25) is 0 Å². The smallest absolute Gasteiger partial charge is 0.161 e. The number of rotatable bonds is 4. The second-order valence-electron chi connectivity index (χ2n) is 3.01. The molecule has 0 saturated carbocycles. The second-order valence-corrected chi connectivity index (χ2v) is 3.01. The van der Waals surface area contributed by atoms with E-state index in [2.05, 4.69) is 6.92 Å². The lowest BCUT2D eigenvalue weighted by Gasteiger charge is -2.05. The van der Waals surface area contributed by atoms with Gasteiger partial charge >= 0.3 is 0 Å². The monoisotopic (exact) mass is 154 g/mol. The minimum Gasteiger partial charge on any atom is -0.294 e. The van der Waals surface area contributed by atoms with Crippen LogP contribution in [0, 0.1) is 5.92 Å². The molecule has 0 fully saturated rings. The average molecular weight is 154 g/mol. The van der Waals surface area contributed by atoms with Crippen LogP contribution < -0.4 is 0 Å². The first kappa shape index (κ1) is 10.4. The van der Waals surface area contributed by atoms with Gasteiger partial charge in [-0.1, -0.05) is 33.8 Å². The first-order valence-corrected chi connectivity index (χ1v) is 4.36. The van der Waals surface area contributed by atoms with Crippen molar-refractivity contribution < 1.29 is 4.79 Å². The van der Waals surface area contributed by atoms with Crippen molar-refractivity contribution in [3.05, 3.63) is 11.6 Å². The van der Waals surface area contributed by atoms with Crippen LogP contribution in [0.3, 0.4) is 0 Å². The number of allylic oxidation sites excluding steroid dienone is 2. The predicted octanol–water partition coefficient (Wildman–Crippen LogP) is 2.96. The zero-order valence-corrected chi connectivity index (χ0v) is 7.98. The molecule has 0 heterocycles. The SMILES string of the molecule is CC/C=C(\CC)C(=O)C(C)C. The molecule has 0 radical (unpaired) electrons. The predicted molar refractivity (Wildman–Crippen MR) is 48.5 cm³/mol. The van der Waals surface area contributed by atoms with Gasteiger partial charge in [0.05, 0.1) is 0 Å². The summed E-state index contributed by atoms with van der Waals surface area (Å²) in [6.07, 6.45) is 3.86. The van der Waals surface area contributed by atoms with Crippen molar-refractivity contribution in [2.75, 3.05) is 0 Å². The third-order valence-corrected chi connectivity index (χ3v) is 1.67. The van der Waals surface area contributed by atoms with E-state index in [1.54, 1.807) is 0 Å². The Kier molecular flexibility index (Phi) is 4.84. The van der Waals surface area contributed by atoms with Crippen LogP contribution in [-0.4, -0.2) is 5.78 Å². The molecule has 0 aromatic carbocycles. The standard InChI is InChI=1S/C10H18O/c1-5-7-9(6-2)10(11)8(3)4/h7-8H,5-6H2,1-4H3/b9-7+. The van der Waals surface area contributed by atoms with Gasteiger partial charge in [0.25, 0.3) is 0 Å². The molecular weight excluding hydrogens is 136 g/mol. The van der Waals surface area contributed by atoms with Gasteiger partial charge in [0.2, 0.25) is 0 Å². The third kappa shape index (κ3) is 3.35. The summed E-state index contributed by atoms with van der Waals surface area (Å²) in [5.74, 6) is 0.446. The van der Waals surface area contributed by atoms with Crippen LogP contribution in [0.1, 0.15) is 40.5 Å². The van der Waals surface area contributed by atoms with Crippen molar-refractivity contribution in [1.29, 1.82) is 0 Å². The number of Topliss-reactive ketones (excluding diaryl/α,β-unsaturated/α-hetero) is 1. The number of hydrogen-bond donors (Lipinski definition) is 0. The van der Waals surface area contributed by atoms with Crippen molar-refractivity contribution in [2.24, 2.45) is 5.92 Å². The van der Waals surface area contributed by atoms with E-state index in [4.69, 9.17) is 0 Å². The lowest BCUT2D eigenvalue weighted by molar-refractivity contribution is -0.118. The summed E-state index contributed by atoms with van der Waals surface area (Å²) >= 11 is 0. The molecule has 64 valence electrons. The Labute approximate surface area is 69.5 Å². The molecule has 0 saturated heterocycles. The maximum atomic E-state index is 11.4. The van der Waals surface area contributed by atoms with Gasteiger partial charge in [0.15, 0.2) is 5.78 Å². The Hall–Kier alpha value is -0.590. The van der Waals surface area contributed by atoms with Gasteiger partial charge in [-0.25, -0.2) is 0 Å². The summed E-state index contributed by atoms with van der Waals surface area (Å²) in [5, 5.41) is 0. The molecule has 0 aromatic heterocycles. The van der Waals surface area contributed by atoms with Crippen LogP contribution in [0.4, 0.5) is 0 Å². The van der Waals surface area contributed by atoms with Crippen LogP contribution in [0.15, 0.2) is 11.6 Å². The molecule has 0 aliphatic heterocycles. The highest BCUT2D eigenvalue weighted by molar-refractivity contribution is 5.96. The summed E-state index contributed by atoms with van der Waals surface area (Å²) in [4.78, 5) is 11.4. The number of carbonyl (C=O) groups is 1. The quantitative estimate of drug-likeness (QED) is 0.569. The molecule has 0 spiro atoms. The van der Waals surface area contributed by atoms with Gasteiger partial charge in [-0.05, 0) is 18.4 Å². The van der Waals surface area contributed by atoms with Crippen molar-refractivity contribution >= 4 is 5.78 Å². The highest BCUT2D eigenvalue weighted by Gasteiger charge is 2.10. The Balaban J connectivity index is 4.26. The molecular formula is C10H18O. The fraction of sp³-hybridized carbons (Fsp3) is 0.700. The molecule has 0 atom stereocenters. The third-order valence-electron chi connectivity index (χ3n) is 1.67. The maximum Gasteiger partial charge on any atom is 0.161 e. The molecule has 0 bridgehead atoms. The molecule has 0 aliphatic carbocycles. The first-order chi connectivity index (χ1) is 5.13. The molecule has 11 heavy (non-hydrogen) atoms. The minimum absolute atomic E-state index is 0.146. The average Bonchev–Trinajstić information content (AvgIpc) is 1.98. The van der Waals surface area contributed by atoms with Crippen molar-refractivity contribution in [3.63, 3.8) is 0 Å². The zero-order chi connectivity index (χ0) is 8.85.